The number of hydrogen-bond donors (Lipinski definition) is 1. The molecule has 0 radical (unpaired) electrons. The van der Waals surface area contributed by atoms with E-state index in [1.54, 1.807) is 36.7 Å². The highest BCUT2D eigenvalue weighted by Crippen LogP contribution is 2.33. The molecule has 4 rings (SSSR count). The fraction of sp³-hybridized carbons (Fsp3) is 0.130. The summed E-state index contributed by atoms with van der Waals surface area (Å²) in [5, 5.41) is 10.0. The third kappa shape index (κ3) is 4.97. The Kier molecular flexibility index (Phi) is 6.08. The lowest BCUT2D eigenvalue weighted by atomic mass is 10.1. The molecule has 0 atom stereocenters. The highest BCUT2D eigenvalue weighted by molar-refractivity contribution is 8.13. The van der Waals surface area contributed by atoms with Crippen LogP contribution in [0.3, 0.4) is 0 Å². The average molecular weight is 434 g/mol. The molecule has 2 aliphatic rings. The Hall–Kier alpha value is -3.52. The fourth-order valence-corrected chi connectivity index (χ4v) is 4.15. The highest BCUT2D eigenvalue weighted by atomic mass is 32.2. The Morgan fingerprint density at radius 2 is 1.90 bits per heavy atom. The SMILES string of the molecule is C=C1N=C(SCc2ccc(F)cc2)N(C2=CC=C(C(=O)O)C2)C=C1Cc1cncnc1. The molecule has 1 aliphatic heterocycles. The molecule has 1 N–H and O–H groups in total. The molecule has 2 aromatic rings. The van der Waals surface area contributed by atoms with Crippen LogP contribution in [0.25, 0.3) is 0 Å². The number of carboxylic acids is 1. The number of carboxylic acid groups (broad SMARTS) is 1. The van der Waals surface area contributed by atoms with Crippen molar-refractivity contribution in [3.8, 4) is 0 Å². The van der Waals surface area contributed by atoms with Crippen LogP contribution in [0, 0.1) is 5.82 Å². The number of aromatic nitrogens is 2. The van der Waals surface area contributed by atoms with Gasteiger partial charge in [0.25, 0.3) is 0 Å². The van der Waals surface area contributed by atoms with Gasteiger partial charge in [-0.2, -0.15) is 0 Å². The van der Waals surface area contributed by atoms with Crippen molar-refractivity contribution in [2.75, 3.05) is 0 Å². The molecule has 156 valence electrons. The number of carbonyl (C=O) groups is 1. The molecular formula is C23H19FN4O2S. The van der Waals surface area contributed by atoms with Crippen molar-refractivity contribution < 1.29 is 14.3 Å². The lowest BCUT2D eigenvalue weighted by Gasteiger charge is -2.29. The Morgan fingerprint density at radius 1 is 1.16 bits per heavy atom. The van der Waals surface area contributed by atoms with Gasteiger partial charge in [-0.25, -0.2) is 24.1 Å². The first-order chi connectivity index (χ1) is 15.0. The molecule has 1 aliphatic carbocycles. The van der Waals surface area contributed by atoms with Crippen molar-refractivity contribution in [3.05, 3.63) is 107 Å². The number of benzene rings is 1. The molecule has 0 spiro atoms. The van der Waals surface area contributed by atoms with E-state index in [0.717, 1.165) is 22.4 Å². The second-order valence-electron chi connectivity index (χ2n) is 7.04. The van der Waals surface area contributed by atoms with E-state index in [-0.39, 0.29) is 5.82 Å². The summed E-state index contributed by atoms with van der Waals surface area (Å²) in [5.74, 6) is -0.624. The zero-order valence-corrected chi connectivity index (χ0v) is 17.3. The quantitative estimate of drug-likeness (QED) is 0.723. The second kappa shape index (κ2) is 9.09. The summed E-state index contributed by atoms with van der Waals surface area (Å²) in [6.45, 7) is 4.10. The van der Waals surface area contributed by atoms with Gasteiger partial charge < -0.3 is 5.11 Å². The van der Waals surface area contributed by atoms with Crippen LogP contribution in [-0.2, 0) is 17.0 Å². The van der Waals surface area contributed by atoms with Crippen molar-refractivity contribution in [2.45, 2.75) is 18.6 Å². The number of aliphatic carboxylic acids is 1. The van der Waals surface area contributed by atoms with Crippen LogP contribution in [0.15, 0.2) is 95.5 Å². The van der Waals surface area contributed by atoms with Gasteiger partial charge in [0.05, 0.1) is 5.70 Å². The Morgan fingerprint density at radius 3 is 2.58 bits per heavy atom. The molecule has 0 fully saturated rings. The van der Waals surface area contributed by atoms with Gasteiger partial charge in [-0.1, -0.05) is 30.5 Å². The minimum Gasteiger partial charge on any atom is -0.478 e. The van der Waals surface area contributed by atoms with Crippen molar-refractivity contribution in [1.29, 1.82) is 0 Å². The second-order valence-corrected chi connectivity index (χ2v) is 7.98. The van der Waals surface area contributed by atoms with Gasteiger partial charge in [0.1, 0.15) is 12.1 Å². The topological polar surface area (TPSA) is 78.7 Å². The maximum atomic E-state index is 13.2. The maximum absolute atomic E-state index is 13.2. The molecule has 2 heterocycles. The number of amidine groups is 1. The maximum Gasteiger partial charge on any atom is 0.331 e. The molecule has 1 aromatic heterocycles. The third-order valence-electron chi connectivity index (χ3n) is 4.81. The molecule has 0 amide bonds. The minimum absolute atomic E-state index is 0.278. The standard InChI is InChI=1S/C23H19FN4O2S/c1-15-19(8-17-10-25-14-26-11-17)12-28(21-7-4-18(9-21)22(29)30)23(27-15)31-13-16-2-5-20(24)6-3-16/h2-7,10-12,14H,1,8-9,13H2,(H,29,30). The van der Waals surface area contributed by atoms with Gasteiger partial charge in [0, 0.05) is 48.5 Å². The van der Waals surface area contributed by atoms with E-state index in [1.165, 1.54) is 30.2 Å². The molecule has 0 saturated carbocycles. The van der Waals surface area contributed by atoms with Crippen molar-refractivity contribution in [1.82, 2.24) is 14.9 Å². The first kappa shape index (κ1) is 20.7. The first-order valence-corrected chi connectivity index (χ1v) is 10.5. The number of halogens is 1. The number of thioether (sulfide) groups is 1. The number of aliphatic imine (C=N–C) groups is 1. The van der Waals surface area contributed by atoms with E-state index >= 15 is 0 Å². The summed E-state index contributed by atoms with van der Waals surface area (Å²) in [7, 11) is 0. The van der Waals surface area contributed by atoms with Gasteiger partial charge >= 0.3 is 5.97 Å². The van der Waals surface area contributed by atoms with E-state index in [4.69, 9.17) is 4.99 Å². The lowest BCUT2D eigenvalue weighted by molar-refractivity contribution is -0.132. The Labute approximate surface area is 183 Å². The van der Waals surface area contributed by atoms with Crippen LogP contribution >= 0.6 is 11.8 Å². The summed E-state index contributed by atoms with van der Waals surface area (Å²) in [6, 6.07) is 6.33. The summed E-state index contributed by atoms with van der Waals surface area (Å²) in [5.41, 5.74) is 4.56. The van der Waals surface area contributed by atoms with Gasteiger partial charge in [-0.3, -0.25) is 4.90 Å². The molecule has 8 heteroatoms. The van der Waals surface area contributed by atoms with Crippen LogP contribution in [0.4, 0.5) is 4.39 Å². The number of nitrogens with zero attached hydrogens (tertiary/aromatic N) is 4. The van der Waals surface area contributed by atoms with Crippen LogP contribution in [-0.4, -0.2) is 31.1 Å². The van der Waals surface area contributed by atoms with E-state index in [1.807, 2.05) is 11.1 Å². The first-order valence-electron chi connectivity index (χ1n) is 9.51. The number of rotatable bonds is 6. The lowest BCUT2D eigenvalue weighted by Crippen LogP contribution is -2.27. The van der Waals surface area contributed by atoms with Crippen LogP contribution in [0.1, 0.15) is 17.5 Å². The van der Waals surface area contributed by atoms with E-state index in [9.17, 15) is 14.3 Å². The number of hydrogen-bond acceptors (Lipinski definition) is 6. The highest BCUT2D eigenvalue weighted by Gasteiger charge is 2.26. The van der Waals surface area contributed by atoms with Crippen LogP contribution in [0.2, 0.25) is 0 Å². The molecule has 31 heavy (non-hydrogen) atoms. The zero-order chi connectivity index (χ0) is 21.8. The molecule has 6 nitrogen and oxygen atoms in total. The molecule has 1 aromatic carbocycles. The van der Waals surface area contributed by atoms with E-state index in [0.29, 0.717) is 35.0 Å². The smallest absolute Gasteiger partial charge is 0.331 e. The van der Waals surface area contributed by atoms with E-state index in [2.05, 4.69) is 16.5 Å². The third-order valence-corrected chi connectivity index (χ3v) is 5.84. The van der Waals surface area contributed by atoms with Gasteiger partial charge in [0.2, 0.25) is 0 Å². The van der Waals surface area contributed by atoms with Crippen molar-refractivity contribution >= 4 is 22.9 Å². The molecule has 0 bridgehead atoms. The molecular weight excluding hydrogens is 415 g/mol. The van der Waals surface area contributed by atoms with Crippen LogP contribution in [0.5, 0.6) is 0 Å². The van der Waals surface area contributed by atoms with Gasteiger partial charge in [-0.05, 0) is 41.0 Å². The predicted molar refractivity (Wildman–Crippen MR) is 118 cm³/mol. The normalized spacial score (nSPS) is 15.9. The fourth-order valence-electron chi connectivity index (χ4n) is 3.17. The molecule has 0 unspecified atom stereocenters. The van der Waals surface area contributed by atoms with Crippen LogP contribution < -0.4 is 0 Å². The average Bonchev–Trinajstić information content (AvgIpc) is 3.26. The summed E-state index contributed by atoms with van der Waals surface area (Å²) in [6.07, 6.45) is 11.2. The summed E-state index contributed by atoms with van der Waals surface area (Å²) >= 11 is 1.48. The Bertz CT molecular complexity index is 1140. The predicted octanol–water partition coefficient (Wildman–Crippen LogP) is 4.46. The van der Waals surface area contributed by atoms with Gasteiger partial charge in [-0.15, -0.1) is 0 Å². The molecule has 0 saturated heterocycles. The van der Waals surface area contributed by atoms with Crippen molar-refractivity contribution in [3.63, 3.8) is 0 Å². The monoisotopic (exact) mass is 434 g/mol. The number of allylic oxidation sites excluding steroid dienone is 4. The van der Waals surface area contributed by atoms with Crippen molar-refractivity contribution in [2.24, 2.45) is 4.99 Å². The minimum atomic E-state index is -0.934. The summed E-state index contributed by atoms with van der Waals surface area (Å²) in [4.78, 5) is 26.1. The zero-order valence-electron chi connectivity index (χ0n) is 16.5. The largest absolute Gasteiger partial charge is 0.478 e. The van der Waals surface area contributed by atoms with E-state index < -0.39 is 5.97 Å². The Balaban J connectivity index is 1.57. The summed E-state index contributed by atoms with van der Waals surface area (Å²) < 4.78 is 13.2. The van der Waals surface area contributed by atoms with Gasteiger partial charge in [0.15, 0.2) is 5.17 Å².